The van der Waals surface area contributed by atoms with E-state index in [4.69, 9.17) is 4.74 Å². The molecule has 2 aromatic carbocycles. The van der Waals surface area contributed by atoms with Crippen molar-refractivity contribution in [2.45, 2.75) is 50.1 Å². The van der Waals surface area contributed by atoms with Gasteiger partial charge >= 0.3 is 12.1 Å². The van der Waals surface area contributed by atoms with Gasteiger partial charge in [-0.05, 0) is 41.5 Å². The van der Waals surface area contributed by atoms with Crippen molar-refractivity contribution >= 4 is 23.9 Å². The Balaban J connectivity index is 1.18. The molecule has 2 fully saturated rings. The fraction of sp³-hybridized carbons (Fsp3) is 0.385. The fourth-order valence-electron chi connectivity index (χ4n) is 5.48. The predicted molar refractivity (Wildman–Crippen MR) is 125 cm³/mol. The molecule has 1 aliphatic heterocycles. The number of carbonyl (C=O) groups is 4. The summed E-state index contributed by atoms with van der Waals surface area (Å²) in [7, 11) is 0. The summed E-state index contributed by atoms with van der Waals surface area (Å²) >= 11 is 0. The van der Waals surface area contributed by atoms with Crippen molar-refractivity contribution in [3.63, 3.8) is 0 Å². The van der Waals surface area contributed by atoms with Gasteiger partial charge in [0.15, 0.2) is 6.04 Å². The average molecular weight is 478 g/mol. The van der Waals surface area contributed by atoms with Crippen LogP contribution in [0.3, 0.4) is 0 Å². The van der Waals surface area contributed by atoms with E-state index in [1.165, 1.54) is 0 Å². The molecule has 1 heterocycles. The molecule has 5 rings (SSSR count). The highest BCUT2D eigenvalue weighted by Gasteiger charge is 2.42. The number of fused-ring (bicyclic) bond motifs is 3. The van der Waals surface area contributed by atoms with E-state index in [9.17, 15) is 24.3 Å². The summed E-state index contributed by atoms with van der Waals surface area (Å²) < 4.78 is 5.62. The van der Waals surface area contributed by atoms with Gasteiger partial charge in [0.1, 0.15) is 6.61 Å². The van der Waals surface area contributed by atoms with Crippen LogP contribution < -0.4 is 10.7 Å². The summed E-state index contributed by atoms with van der Waals surface area (Å²) in [5.74, 6) is -2.67. The third-order valence-electron chi connectivity index (χ3n) is 7.15. The molecule has 0 radical (unpaired) electrons. The van der Waals surface area contributed by atoms with Crippen LogP contribution in [0.4, 0.5) is 4.79 Å². The monoisotopic (exact) mass is 477 g/mol. The van der Waals surface area contributed by atoms with Crippen LogP contribution in [-0.4, -0.2) is 52.7 Å². The third-order valence-corrected chi connectivity index (χ3v) is 7.15. The van der Waals surface area contributed by atoms with Crippen LogP contribution in [0, 0.1) is 5.92 Å². The van der Waals surface area contributed by atoms with Crippen molar-refractivity contribution in [2.24, 2.45) is 5.92 Å². The van der Waals surface area contributed by atoms with Gasteiger partial charge in [-0.1, -0.05) is 55.0 Å². The highest BCUT2D eigenvalue weighted by Crippen LogP contribution is 2.44. The molecule has 0 aromatic heterocycles. The Kier molecular flexibility index (Phi) is 6.15. The van der Waals surface area contributed by atoms with Crippen molar-refractivity contribution in [2.75, 3.05) is 6.61 Å². The first-order valence-electron chi connectivity index (χ1n) is 11.9. The summed E-state index contributed by atoms with van der Waals surface area (Å²) in [6.07, 6.45) is 1.53. The molecule has 9 nitrogen and oxygen atoms in total. The van der Waals surface area contributed by atoms with Crippen molar-refractivity contribution < 1.29 is 29.0 Å². The van der Waals surface area contributed by atoms with Gasteiger partial charge in [-0.2, -0.15) is 0 Å². The lowest BCUT2D eigenvalue weighted by atomic mass is 9.85. The van der Waals surface area contributed by atoms with Gasteiger partial charge in [0, 0.05) is 17.9 Å². The Morgan fingerprint density at radius 1 is 1.03 bits per heavy atom. The number of hydrogen-bond acceptors (Lipinski definition) is 5. The van der Waals surface area contributed by atoms with Crippen LogP contribution in [0.2, 0.25) is 0 Å². The maximum atomic E-state index is 12.9. The van der Waals surface area contributed by atoms with Crippen LogP contribution in [0.5, 0.6) is 0 Å². The number of amides is 3. The lowest BCUT2D eigenvalue weighted by molar-refractivity contribution is -0.153. The van der Waals surface area contributed by atoms with Gasteiger partial charge in [-0.25, -0.2) is 14.6 Å². The Hall–Kier alpha value is -3.88. The lowest BCUT2D eigenvalue weighted by Gasteiger charge is -2.32. The summed E-state index contributed by atoms with van der Waals surface area (Å²) in [6, 6.07) is 14.7. The minimum Gasteiger partial charge on any atom is -0.480 e. The number of hydrazine groups is 1. The number of hydrogen-bond donors (Lipinski definition) is 3. The number of alkyl carbamates (subject to hydrolysis) is 1. The van der Waals surface area contributed by atoms with Crippen LogP contribution in [0.15, 0.2) is 48.5 Å². The third kappa shape index (κ3) is 4.45. The van der Waals surface area contributed by atoms with E-state index in [0.29, 0.717) is 25.7 Å². The number of rotatable bonds is 5. The number of benzene rings is 2. The number of carboxylic acids is 1. The van der Waals surface area contributed by atoms with Crippen LogP contribution in [0.1, 0.15) is 49.1 Å². The Bertz CT molecular complexity index is 1140. The molecule has 3 atom stereocenters. The van der Waals surface area contributed by atoms with Gasteiger partial charge in [0.25, 0.3) is 0 Å². The molecule has 2 aromatic rings. The zero-order chi connectivity index (χ0) is 24.5. The quantitative estimate of drug-likeness (QED) is 0.608. The molecule has 3 unspecified atom stereocenters. The van der Waals surface area contributed by atoms with Crippen molar-refractivity contribution in [3.05, 3.63) is 59.7 Å². The first-order chi connectivity index (χ1) is 16.9. The summed E-state index contributed by atoms with van der Waals surface area (Å²) in [4.78, 5) is 48.7. The number of ether oxygens (including phenoxy) is 1. The maximum Gasteiger partial charge on any atom is 0.407 e. The van der Waals surface area contributed by atoms with E-state index in [-0.39, 0.29) is 25.0 Å². The second-order valence-corrected chi connectivity index (χ2v) is 9.33. The van der Waals surface area contributed by atoms with Crippen molar-refractivity contribution in [3.8, 4) is 11.1 Å². The topological polar surface area (TPSA) is 125 Å². The molecule has 0 spiro atoms. The highest BCUT2D eigenvalue weighted by atomic mass is 16.5. The molecule has 0 bridgehead atoms. The van der Waals surface area contributed by atoms with Crippen LogP contribution in [-0.2, 0) is 19.1 Å². The minimum atomic E-state index is -1.22. The van der Waals surface area contributed by atoms with E-state index in [2.05, 4.69) is 35.0 Å². The number of nitrogens with one attached hydrogen (secondary N) is 2. The number of carbonyl (C=O) groups excluding carboxylic acids is 3. The molecular weight excluding hydrogens is 450 g/mol. The number of aliphatic carboxylic acids is 1. The molecule has 3 amide bonds. The molecule has 3 N–H and O–H groups in total. The lowest BCUT2D eigenvalue weighted by Crippen LogP contribution is -2.51. The predicted octanol–water partition coefficient (Wildman–Crippen LogP) is 2.80. The van der Waals surface area contributed by atoms with Gasteiger partial charge in [0.2, 0.25) is 11.8 Å². The van der Waals surface area contributed by atoms with Gasteiger partial charge < -0.3 is 15.2 Å². The Morgan fingerprint density at radius 2 is 1.69 bits per heavy atom. The van der Waals surface area contributed by atoms with E-state index < -0.39 is 35.8 Å². The first-order valence-corrected chi connectivity index (χ1v) is 11.9. The smallest absolute Gasteiger partial charge is 0.407 e. The van der Waals surface area contributed by atoms with E-state index >= 15 is 0 Å². The second-order valence-electron chi connectivity index (χ2n) is 9.33. The van der Waals surface area contributed by atoms with Crippen molar-refractivity contribution in [1.29, 1.82) is 0 Å². The number of nitrogens with zero attached hydrogens (tertiary/aromatic N) is 1. The average Bonchev–Trinajstić information content (AvgIpc) is 3.41. The summed E-state index contributed by atoms with van der Waals surface area (Å²) in [5, 5.41) is 13.1. The zero-order valence-electron chi connectivity index (χ0n) is 19.1. The molecule has 1 saturated heterocycles. The summed E-state index contributed by atoms with van der Waals surface area (Å²) in [5.41, 5.74) is 6.92. The van der Waals surface area contributed by atoms with Gasteiger partial charge in [0.05, 0.1) is 6.42 Å². The molecule has 182 valence electrons. The first kappa shape index (κ1) is 22.9. The van der Waals surface area contributed by atoms with Gasteiger partial charge in [-0.3, -0.25) is 15.0 Å². The van der Waals surface area contributed by atoms with Gasteiger partial charge in [-0.15, -0.1) is 0 Å². The van der Waals surface area contributed by atoms with Crippen LogP contribution >= 0.6 is 0 Å². The Labute approximate surface area is 202 Å². The SMILES string of the molecule is O=C1CC(C(=O)O)N(C(=O)C2CCCC(NC(=O)OCC3c4ccccc4-c4ccccc43)C2)N1. The fourth-order valence-corrected chi connectivity index (χ4v) is 5.48. The highest BCUT2D eigenvalue weighted by molar-refractivity contribution is 5.94. The van der Waals surface area contributed by atoms with Crippen LogP contribution in [0.25, 0.3) is 11.1 Å². The maximum absolute atomic E-state index is 12.9. The van der Waals surface area contributed by atoms with Crippen molar-refractivity contribution in [1.82, 2.24) is 15.8 Å². The molecule has 1 saturated carbocycles. The van der Waals surface area contributed by atoms with E-state index in [0.717, 1.165) is 27.3 Å². The van der Waals surface area contributed by atoms with E-state index in [1.54, 1.807) is 0 Å². The molecule has 2 aliphatic carbocycles. The normalized spacial score (nSPS) is 23.3. The molecular formula is C26H27N3O6. The van der Waals surface area contributed by atoms with E-state index in [1.807, 2.05) is 24.3 Å². The standard InChI is InChI=1S/C26H27N3O6/c30-23-13-22(25(32)33)29(28-23)24(31)15-6-5-7-16(12-15)27-26(34)35-14-21-19-10-3-1-8-17(19)18-9-2-4-11-20(18)21/h1-4,8-11,15-16,21-22H,5-7,12-14H2,(H,27,34)(H,28,30)(H,32,33). The molecule has 35 heavy (non-hydrogen) atoms. The summed E-state index contributed by atoms with van der Waals surface area (Å²) in [6.45, 7) is 0.203. The number of carboxylic acid groups (broad SMARTS) is 1. The molecule has 9 heteroatoms. The Morgan fingerprint density at radius 3 is 2.34 bits per heavy atom. The largest absolute Gasteiger partial charge is 0.480 e. The zero-order valence-corrected chi connectivity index (χ0v) is 19.1. The second kappa shape index (κ2) is 9.40. The molecule has 3 aliphatic rings. The minimum absolute atomic E-state index is 0.0411.